The monoisotopic (exact) mass is 268 g/mol. The SMILES string of the molecule is CSc1ccc(C(=O)N2CCC(C(C)N)CC2)o1. The molecule has 1 aliphatic heterocycles. The Bertz CT molecular complexity index is 409. The number of carbonyl (C=O) groups excluding carboxylic acids is 1. The maximum atomic E-state index is 12.2. The first-order valence-electron chi connectivity index (χ1n) is 6.30. The minimum atomic E-state index is -0.00146. The van der Waals surface area contributed by atoms with E-state index in [0.29, 0.717) is 11.7 Å². The van der Waals surface area contributed by atoms with Gasteiger partial charge in [0.25, 0.3) is 5.91 Å². The number of carbonyl (C=O) groups is 1. The van der Waals surface area contributed by atoms with Crippen molar-refractivity contribution in [1.29, 1.82) is 0 Å². The number of nitrogens with zero attached hydrogens (tertiary/aromatic N) is 1. The molecule has 0 bridgehead atoms. The molecule has 4 nitrogen and oxygen atoms in total. The number of hydrogen-bond acceptors (Lipinski definition) is 4. The number of thioether (sulfide) groups is 1. The lowest BCUT2D eigenvalue weighted by molar-refractivity contribution is 0.0644. The number of furan rings is 1. The Labute approximate surface area is 112 Å². The zero-order valence-corrected chi connectivity index (χ0v) is 11.7. The molecule has 2 heterocycles. The second-order valence-corrected chi connectivity index (χ2v) is 5.62. The van der Waals surface area contributed by atoms with Crippen molar-refractivity contribution in [3.63, 3.8) is 0 Å². The fourth-order valence-corrected chi connectivity index (χ4v) is 2.71. The van der Waals surface area contributed by atoms with Crippen LogP contribution < -0.4 is 5.73 Å². The summed E-state index contributed by atoms with van der Waals surface area (Å²) in [5, 5.41) is 0.781. The van der Waals surface area contributed by atoms with Crippen LogP contribution in [0.3, 0.4) is 0 Å². The molecule has 0 spiro atoms. The summed E-state index contributed by atoms with van der Waals surface area (Å²) in [6.07, 6.45) is 3.90. The highest BCUT2D eigenvalue weighted by molar-refractivity contribution is 7.98. The van der Waals surface area contributed by atoms with E-state index >= 15 is 0 Å². The Morgan fingerprint density at radius 2 is 2.17 bits per heavy atom. The molecule has 1 saturated heterocycles. The summed E-state index contributed by atoms with van der Waals surface area (Å²) in [7, 11) is 0. The lowest BCUT2D eigenvalue weighted by atomic mass is 9.91. The first kappa shape index (κ1) is 13.5. The van der Waals surface area contributed by atoms with Crippen molar-refractivity contribution in [2.24, 2.45) is 11.7 Å². The zero-order valence-electron chi connectivity index (χ0n) is 10.9. The molecule has 1 amide bonds. The average molecular weight is 268 g/mol. The van der Waals surface area contributed by atoms with Crippen LogP contribution in [0.25, 0.3) is 0 Å². The Morgan fingerprint density at radius 3 is 2.67 bits per heavy atom. The topological polar surface area (TPSA) is 59.5 Å². The van der Waals surface area contributed by atoms with Gasteiger partial charge in [0.15, 0.2) is 10.9 Å². The molecule has 1 unspecified atom stereocenters. The summed E-state index contributed by atoms with van der Waals surface area (Å²) < 4.78 is 5.47. The Hall–Kier alpha value is -0.940. The molecular weight excluding hydrogens is 248 g/mol. The normalized spacial score (nSPS) is 18.9. The van der Waals surface area contributed by atoms with Gasteiger partial charge in [0.05, 0.1) is 0 Å². The van der Waals surface area contributed by atoms with E-state index in [-0.39, 0.29) is 11.9 Å². The number of nitrogens with two attached hydrogens (primary N) is 1. The van der Waals surface area contributed by atoms with E-state index in [4.69, 9.17) is 10.2 Å². The van der Waals surface area contributed by atoms with Gasteiger partial charge in [-0.1, -0.05) is 11.8 Å². The molecule has 0 aliphatic carbocycles. The molecule has 0 aromatic carbocycles. The van der Waals surface area contributed by atoms with Crippen LogP contribution in [0.2, 0.25) is 0 Å². The van der Waals surface area contributed by atoms with Crippen molar-refractivity contribution in [3.8, 4) is 0 Å². The van der Waals surface area contributed by atoms with Crippen LogP contribution >= 0.6 is 11.8 Å². The third kappa shape index (κ3) is 2.90. The number of hydrogen-bond donors (Lipinski definition) is 1. The first-order valence-corrected chi connectivity index (χ1v) is 7.53. The van der Waals surface area contributed by atoms with Crippen molar-refractivity contribution >= 4 is 17.7 Å². The van der Waals surface area contributed by atoms with Crippen molar-refractivity contribution < 1.29 is 9.21 Å². The van der Waals surface area contributed by atoms with E-state index in [1.807, 2.05) is 24.1 Å². The van der Waals surface area contributed by atoms with Gasteiger partial charge in [0.1, 0.15) is 0 Å². The van der Waals surface area contributed by atoms with Crippen LogP contribution in [-0.2, 0) is 0 Å². The van der Waals surface area contributed by atoms with Crippen molar-refractivity contribution in [3.05, 3.63) is 17.9 Å². The third-order valence-corrected chi connectivity index (χ3v) is 4.19. The zero-order chi connectivity index (χ0) is 13.1. The quantitative estimate of drug-likeness (QED) is 0.854. The van der Waals surface area contributed by atoms with E-state index < -0.39 is 0 Å². The predicted octanol–water partition coefficient (Wildman–Crippen LogP) is 2.20. The summed E-state index contributed by atoms with van der Waals surface area (Å²) in [5.41, 5.74) is 5.90. The van der Waals surface area contributed by atoms with E-state index in [9.17, 15) is 4.79 Å². The molecule has 0 saturated carbocycles. The molecule has 1 aliphatic rings. The van der Waals surface area contributed by atoms with Gasteiger partial charge >= 0.3 is 0 Å². The minimum Gasteiger partial charge on any atom is -0.445 e. The summed E-state index contributed by atoms with van der Waals surface area (Å²) in [6.45, 7) is 3.60. The van der Waals surface area contributed by atoms with Crippen LogP contribution in [0.1, 0.15) is 30.3 Å². The second-order valence-electron chi connectivity index (χ2n) is 4.81. The average Bonchev–Trinajstić information content (AvgIpc) is 2.86. The van der Waals surface area contributed by atoms with Crippen molar-refractivity contribution in [2.75, 3.05) is 19.3 Å². The standard InChI is InChI=1S/C13H20N2O2S/c1-9(14)10-5-7-15(8-6-10)13(16)11-3-4-12(17-11)18-2/h3-4,9-10H,5-8,14H2,1-2H3. The second kappa shape index (κ2) is 5.80. The maximum Gasteiger partial charge on any atom is 0.289 e. The van der Waals surface area contributed by atoms with Crippen LogP contribution in [-0.4, -0.2) is 36.2 Å². The fraction of sp³-hybridized carbons (Fsp3) is 0.615. The van der Waals surface area contributed by atoms with E-state index in [0.717, 1.165) is 31.0 Å². The molecule has 1 aromatic rings. The number of amides is 1. The van der Waals surface area contributed by atoms with Gasteiger partial charge in [-0.2, -0.15) is 0 Å². The molecule has 18 heavy (non-hydrogen) atoms. The van der Waals surface area contributed by atoms with Crippen LogP contribution in [0, 0.1) is 5.92 Å². The van der Waals surface area contributed by atoms with Gasteiger partial charge < -0.3 is 15.1 Å². The number of likely N-dealkylation sites (tertiary alicyclic amines) is 1. The van der Waals surface area contributed by atoms with Gasteiger partial charge in [-0.05, 0) is 44.1 Å². The molecule has 0 radical (unpaired) electrons. The Kier molecular flexibility index (Phi) is 4.35. The molecule has 2 rings (SSSR count). The lowest BCUT2D eigenvalue weighted by Gasteiger charge is -2.33. The predicted molar refractivity (Wildman–Crippen MR) is 72.8 cm³/mol. The summed E-state index contributed by atoms with van der Waals surface area (Å²) in [6, 6.07) is 3.81. The highest BCUT2D eigenvalue weighted by Crippen LogP contribution is 2.23. The lowest BCUT2D eigenvalue weighted by Crippen LogP contribution is -2.42. The summed E-state index contributed by atoms with van der Waals surface area (Å²) in [4.78, 5) is 14.1. The largest absolute Gasteiger partial charge is 0.445 e. The molecule has 1 fully saturated rings. The smallest absolute Gasteiger partial charge is 0.289 e. The van der Waals surface area contributed by atoms with Crippen LogP contribution in [0.15, 0.2) is 21.6 Å². The highest BCUT2D eigenvalue weighted by atomic mass is 32.2. The molecule has 5 heteroatoms. The van der Waals surface area contributed by atoms with E-state index in [2.05, 4.69) is 0 Å². The summed E-state index contributed by atoms with van der Waals surface area (Å²) in [5.74, 6) is 0.976. The third-order valence-electron chi connectivity index (χ3n) is 3.56. The van der Waals surface area contributed by atoms with Gasteiger partial charge in [-0.25, -0.2) is 0 Å². The molecule has 1 aromatic heterocycles. The molecule has 1 atom stereocenters. The summed E-state index contributed by atoms with van der Waals surface area (Å²) >= 11 is 1.50. The van der Waals surface area contributed by atoms with Gasteiger partial charge in [-0.3, -0.25) is 4.79 Å². The molecule has 2 N–H and O–H groups in total. The van der Waals surface area contributed by atoms with E-state index in [1.54, 1.807) is 6.07 Å². The Morgan fingerprint density at radius 1 is 1.50 bits per heavy atom. The maximum absolute atomic E-state index is 12.2. The molecular formula is C13H20N2O2S. The number of rotatable bonds is 3. The van der Waals surface area contributed by atoms with Crippen molar-refractivity contribution in [2.45, 2.75) is 30.9 Å². The first-order chi connectivity index (χ1) is 8.61. The fourth-order valence-electron chi connectivity index (χ4n) is 2.33. The van der Waals surface area contributed by atoms with Gasteiger partial charge in [0, 0.05) is 19.1 Å². The molecule has 100 valence electrons. The van der Waals surface area contributed by atoms with Crippen molar-refractivity contribution in [1.82, 2.24) is 4.90 Å². The van der Waals surface area contributed by atoms with Gasteiger partial charge in [-0.15, -0.1) is 0 Å². The number of piperidine rings is 1. The Balaban J connectivity index is 1.95. The highest BCUT2D eigenvalue weighted by Gasteiger charge is 2.26. The minimum absolute atomic E-state index is 0.00146. The van der Waals surface area contributed by atoms with E-state index in [1.165, 1.54) is 11.8 Å². The van der Waals surface area contributed by atoms with Crippen LogP contribution in [0.4, 0.5) is 0 Å². The van der Waals surface area contributed by atoms with Gasteiger partial charge in [0.2, 0.25) is 0 Å². The van der Waals surface area contributed by atoms with Crippen LogP contribution in [0.5, 0.6) is 0 Å².